The molecule has 1 aromatic carbocycles. The van der Waals surface area contributed by atoms with Crippen LogP contribution in [0.25, 0.3) is 0 Å². The molecular weight excluding hydrogens is 316 g/mol. The summed E-state index contributed by atoms with van der Waals surface area (Å²) in [4.78, 5) is 12.4. The average molecular weight is 340 g/mol. The van der Waals surface area contributed by atoms with Crippen molar-refractivity contribution in [3.05, 3.63) is 23.8 Å². The Balaban J connectivity index is 2.27. The predicted molar refractivity (Wildman–Crippen MR) is 90.3 cm³/mol. The van der Waals surface area contributed by atoms with Crippen molar-refractivity contribution in [1.82, 2.24) is 5.32 Å². The van der Waals surface area contributed by atoms with Gasteiger partial charge < -0.3 is 10.1 Å². The number of anilines is 1. The van der Waals surface area contributed by atoms with Crippen LogP contribution >= 0.6 is 0 Å². The standard InChI is InChI=1S/C16H24N2O4S/c1-5-6-12(3)17-16(19)15-10-18(23(4,20)21)13-9-11(2)7-8-14(13)22-15/h7-9,12,15H,5-6,10H2,1-4H3,(H,17,19). The molecule has 0 fully saturated rings. The number of aryl methyl sites for hydroxylation is 1. The number of hydrogen-bond donors (Lipinski definition) is 1. The Hall–Kier alpha value is -1.76. The van der Waals surface area contributed by atoms with Gasteiger partial charge in [0.1, 0.15) is 5.75 Å². The van der Waals surface area contributed by atoms with Gasteiger partial charge in [-0.3, -0.25) is 9.10 Å². The van der Waals surface area contributed by atoms with Gasteiger partial charge in [0.2, 0.25) is 10.0 Å². The topological polar surface area (TPSA) is 75.7 Å². The van der Waals surface area contributed by atoms with E-state index in [4.69, 9.17) is 4.74 Å². The summed E-state index contributed by atoms with van der Waals surface area (Å²) < 4.78 is 31.2. The van der Waals surface area contributed by atoms with E-state index in [0.717, 1.165) is 24.7 Å². The lowest BCUT2D eigenvalue weighted by Crippen LogP contribution is -2.52. The minimum absolute atomic E-state index is 0.0139. The number of sulfonamides is 1. The van der Waals surface area contributed by atoms with Crippen molar-refractivity contribution in [3.8, 4) is 5.75 Å². The fourth-order valence-corrected chi connectivity index (χ4v) is 3.56. The van der Waals surface area contributed by atoms with Crippen LogP contribution < -0.4 is 14.4 Å². The molecule has 0 saturated carbocycles. The molecule has 1 aromatic rings. The maximum Gasteiger partial charge on any atom is 0.263 e. The SMILES string of the molecule is CCCC(C)NC(=O)C1CN(S(C)(=O)=O)c2cc(C)ccc2O1. The largest absolute Gasteiger partial charge is 0.476 e. The van der Waals surface area contributed by atoms with Crippen LogP contribution in [0, 0.1) is 6.92 Å². The molecule has 2 atom stereocenters. The van der Waals surface area contributed by atoms with E-state index in [-0.39, 0.29) is 18.5 Å². The molecule has 23 heavy (non-hydrogen) atoms. The van der Waals surface area contributed by atoms with Gasteiger partial charge in [0.25, 0.3) is 5.91 Å². The molecule has 128 valence electrons. The Labute approximate surface area is 137 Å². The molecule has 1 aliphatic rings. The van der Waals surface area contributed by atoms with Crippen LogP contribution in [0.1, 0.15) is 32.3 Å². The molecule has 6 nitrogen and oxygen atoms in total. The van der Waals surface area contributed by atoms with E-state index in [9.17, 15) is 13.2 Å². The van der Waals surface area contributed by atoms with Gasteiger partial charge in [-0.2, -0.15) is 0 Å². The van der Waals surface area contributed by atoms with Gasteiger partial charge in [-0.25, -0.2) is 8.42 Å². The number of ether oxygens (including phenoxy) is 1. The first-order valence-corrected chi connectivity index (χ1v) is 9.62. The van der Waals surface area contributed by atoms with Crippen molar-refractivity contribution in [3.63, 3.8) is 0 Å². The minimum Gasteiger partial charge on any atom is -0.476 e. The quantitative estimate of drug-likeness (QED) is 0.887. The minimum atomic E-state index is -3.49. The number of rotatable bonds is 5. The molecule has 0 spiro atoms. The molecule has 2 unspecified atom stereocenters. The van der Waals surface area contributed by atoms with E-state index >= 15 is 0 Å². The van der Waals surface area contributed by atoms with Crippen LogP contribution in [0.4, 0.5) is 5.69 Å². The summed E-state index contributed by atoms with van der Waals surface area (Å²) in [6.07, 6.45) is 2.12. The van der Waals surface area contributed by atoms with Gasteiger partial charge in [-0.1, -0.05) is 19.4 Å². The summed E-state index contributed by atoms with van der Waals surface area (Å²) in [6.45, 7) is 5.84. The lowest BCUT2D eigenvalue weighted by Gasteiger charge is -2.34. The highest BCUT2D eigenvalue weighted by atomic mass is 32.2. The predicted octanol–water partition coefficient (Wildman–Crippen LogP) is 1.83. The monoisotopic (exact) mass is 340 g/mol. The molecule has 7 heteroatoms. The Bertz CT molecular complexity index is 687. The van der Waals surface area contributed by atoms with E-state index in [1.165, 1.54) is 4.31 Å². The second kappa shape index (κ2) is 6.78. The third kappa shape index (κ3) is 4.16. The third-order valence-electron chi connectivity index (χ3n) is 3.79. The Morgan fingerprint density at radius 1 is 1.48 bits per heavy atom. The van der Waals surface area contributed by atoms with E-state index in [1.54, 1.807) is 12.1 Å². The number of carbonyl (C=O) groups is 1. The third-order valence-corrected chi connectivity index (χ3v) is 4.93. The molecule has 0 bridgehead atoms. The number of nitrogens with zero attached hydrogens (tertiary/aromatic N) is 1. The molecule has 1 N–H and O–H groups in total. The number of benzene rings is 1. The highest BCUT2D eigenvalue weighted by molar-refractivity contribution is 7.92. The first-order valence-electron chi connectivity index (χ1n) is 7.77. The molecule has 2 rings (SSSR count). The Morgan fingerprint density at radius 3 is 2.78 bits per heavy atom. The number of carbonyl (C=O) groups excluding carboxylic acids is 1. The second-order valence-corrected chi connectivity index (χ2v) is 7.98. The smallest absolute Gasteiger partial charge is 0.263 e. The fraction of sp³-hybridized carbons (Fsp3) is 0.562. The van der Waals surface area contributed by atoms with Gasteiger partial charge in [0, 0.05) is 6.04 Å². The zero-order valence-electron chi connectivity index (χ0n) is 14.0. The summed E-state index contributed by atoms with van der Waals surface area (Å²) in [5.74, 6) is 0.126. The van der Waals surface area contributed by atoms with Crippen LogP contribution in [0.2, 0.25) is 0 Å². The van der Waals surface area contributed by atoms with Crippen molar-refractivity contribution < 1.29 is 17.9 Å². The number of fused-ring (bicyclic) bond motifs is 1. The average Bonchev–Trinajstić information content (AvgIpc) is 2.45. The first kappa shape index (κ1) is 17.6. The van der Waals surface area contributed by atoms with E-state index in [0.29, 0.717) is 11.4 Å². The van der Waals surface area contributed by atoms with Crippen LogP contribution in [0.5, 0.6) is 5.75 Å². The summed E-state index contributed by atoms with van der Waals surface area (Å²) in [6, 6.07) is 5.32. The summed E-state index contributed by atoms with van der Waals surface area (Å²) in [7, 11) is -3.49. The molecule has 1 heterocycles. The van der Waals surface area contributed by atoms with Gasteiger partial charge >= 0.3 is 0 Å². The van der Waals surface area contributed by atoms with Crippen LogP contribution in [0.3, 0.4) is 0 Å². The Kier molecular flexibility index (Phi) is 5.19. The normalized spacial score (nSPS) is 18.8. The van der Waals surface area contributed by atoms with E-state index in [2.05, 4.69) is 5.32 Å². The van der Waals surface area contributed by atoms with Crippen LogP contribution in [-0.4, -0.2) is 39.3 Å². The molecular formula is C16H24N2O4S. The highest BCUT2D eigenvalue weighted by Crippen LogP contribution is 2.35. The summed E-state index contributed by atoms with van der Waals surface area (Å²) in [5.41, 5.74) is 1.42. The summed E-state index contributed by atoms with van der Waals surface area (Å²) in [5, 5.41) is 2.88. The molecule has 1 amide bonds. The van der Waals surface area contributed by atoms with Crippen molar-refractivity contribution in [1.29, 1.82) is 0 Å². The number of nitrogens with one attached hydrogen (secondary N) is 1. The molecule has 0 aromatic heterocycles. The van der Waals surface area contributed by atoms with Crippen molar-refractivity contribution in [2.75, 3.05) is 17.1 Å². The van der Waals surface area contributed by atoms with Gasteiger partial charge in [-0.15, -0.1) is 0 Å². The second-order valence-electron chi connectivity index (χ2n) is 6.07. The van der Waals surface area contributed by atoms with E-state index in [1.807, 2.05) is 26.8 Å². The van der Waals surface area contributed by atoms with Crippen molar-refractivity contribution in [2.45, 2.75) is 45.8 Å². The zero-order chi connectivity index (χ0) is 17.2. The maximum atomic E-state index is 12.4. The van der Waals surface area contributed by atoms with Gasteiger partial charge in [0.05, 0.1) is 18.5 Å². The van der Waals surface area contributed by atoms with E-state index < -0.39 is 16.1 Å². The lowest BCUT2D eigenvalue weighted by atomic mass is 10.1. The van der Waals surface area contributed by atoms with Crippen LogP contribution in [-0.2, 0) is 14.8 Å². The van der Waals surface area contributed by atoms with Crippen LogP contribution in [0.15, 0.2) is 18.2 Å². The molecule has 0 aliphatic carbocycles. The van der Waals surface area contributed by atoms with Gasteiger partial charge in [-0.05, 0) is 38.0 Å². The number of hydrogen-bond acceptors (Lipinski definition) is 4. The van der Waals surface area contributed by atoms with Crippen molar-refractivity contribution in [2.24, 2.45) is 0 Å². The van der Waals surface area contributed by atoms with Gasteiger partial charge in [0.15, 0.2) is 6.10 Å². The molecule has 1 aliphatic heterocycles. The molecule has 0 radical (unpaired) electrons. The number of amides is 1. The fourth-order valence-electron chi connectivity index (χ4n) is 2.65. The first-order chi connectivity index (χ1) is 10.7. The lowest BCUT2D eigenvalue weighted by molar-refractivity contribution is -0.128. The summed E-state index contributed by atoms with van der Waals surface area (Å²) >= 11 is 0. The molecule has 0 saturated heterocycles. The zero-order valence-corrected chi connectivity index (χ0v) is 14.8. The maximum absolute atomic E-state index is 12.4. The van der Waals surface area contributed by atoms with Crippen molar-refractivity contribution >= 4 is 21.6 Å². The Morgan fingerprint density at radius 2 is 2.17 bits per heavy atom. The highest BCUT2D eigenvalue weighted by Gasteiger charge is 2.35.